The standard InChI is InChI=1S/C26H14OS4/c27-25-15-5-1-3-7-17(15)26(18-8-4-2-6-16(18)25,23-13-21-19(30-23)9-11-28-21)24-14-22-20(31-24)10-12-29-22/h1-14H. The molecule has 0 saturated carbocycles. The van der Waals surface area contributed by atoms with Crippen LogP contribution in [0.5, 0.6) is 0 Å². The molecular formula is C26H14OS4. The van der Waals surface area contributed by atoms with E-state index >= 15 is 0 Å². The van der Waals surface area contributed by atoms with Crippen LogP contribution in [0.3, 0.4) is 0 Å². The van der Waals surface area contributed by atoms with Gasteiger partial charge in [0.25, 0.3) is 0 Å². The molecule has 1 aliphatic rings. The summed E-state index contributed by atoms with van der Waals surface area (Å²) in [5, 5.41) is 4.32. The van der Waals surface area contributed by atoms with Gasteiger partial charge in [0.1, 0.15) is 0 Å². The molecule has 0 saturated heterocycles. The molecule has 1 nitrogen and oxygen atoms in total. The highest BCUT2D eigenvalue weighted by Crippen LogP contribution is 2.56. The Morgan fingerprint density at radius 1 is 0.581 bits per heavy atom. The van der Waals surface area contributed by atoms with Gasteiger partial charge in [-0.3, -0.25) is 4.79 Å². The molecule has 0 radical (unpaired) electrons. The molecule has 0 atom stereocenters. The number of benzene rings is 2. The summed E-state index contributed by atoms with van der Waals surface area (Å²) in [6, 6.07) is 25.5. The van der Waals surface area contributed by atoms with Crippen molar-refractivity contribution in [2.45, 2.75) is 5.41 Å². The van der Waals surface area contributed by atoms with Gasteiger partial charge in [-0.1, -0.05) is 48.5 Å². The molecule has 0 aliphatic heterocycles. The van der Waals surface area contributed by atoms with E-state index in [1.165, 1.54) is 28.6 Å². The van der Waals surface area contributed by atoms with Gasteiger partial charge in [-0.25, -0.2) is 0 Å². The highest BCUT2D eigenvalue weighted by molar-refractivity contribution is 7.28. The lowest BCUT2D eigenvalue weighted by Crippen LogP contribution is -2.36. The predicted molar refractivity (Wildman–Crippen MR) is 135 cm³/mol. The first-order chi connectivity index (χ1) is 15.3. The predicted octanol–water partition coefficient (Wildman–Crippen LogP) is 8.17. The molecule has 2 aromatic carbocycles. The van der Waals surface area contributed by atoms with E-state index in [-0.39, 0.29) is 5.78 Å². The molecule has 1 aliphatic carbocycles. The van der Waals surface area contributed by atoms with Gasteiger partial charge in [-0.15, -0.1) is 45.3 Å². The lowest BCUT2D eigenvalue weighted by atomic mass is 9.64. The third-order valence-electron chi connectivity index (χ3n) is 6.17. The highest BCUT2D eigenvalue weighted by atomic mass is 32.1. The number of fused-ring (bicyclic) bond motifs is 4. The molecule has 148 valence electrons. The van der Waals surface area contributed by atoms with Crippen LogP contribution in [0.2, 0.25) is 0 Å². The first-order valence-electron chi connectivity index (χ1n) is 9.95. The maximum Gasteiger partial charge on any atom is 0.193 e. The Labute approximate surface area is 194 Å². The monoisotopic (exact) mass is 470 g/mol. The minimum absolute atomic E-state index is 0.124. The Morgan fingerprint density at radius 3 is 1.55 bits per heavy atom. The fourth-order valence-electron chi connectivity index (χ4n) is 4.86. The van der Waals surface area contributed by atoms with Crippen LogP contribution in [0.15, 0.2) is 83.6 Å². The van der Waals surface area contributed by atoms with E-state index in [0.29, 0.717) is 0 Å². The molecule has 31 heavy (non-hydrogen) atoms. The molecule has 0 bridgehead atoms. The van der Waals surface area contributed by atoms with Crippen molar-refractivity contribution in [1.29, 1.82) is 0 Å². The summed E-state index contributed by atoms with van der Waals surface area (Å²) in [6.07, 6.45) is 0. The van der Waals surface area contributed by atoms with E-state index in [4.69, 9.17) is 0 Å². The second-order valence-corrected chi connectivity index (χ2v) is 11.8. The zero-order chi connectivity index (χ0) is 20.6. The zero-order valence-corrected chi connectivity index (χ0v) is 19.4. The van der Waals surface area contributed by atoms with Crippen LogP contribution in [0.1, 0.15) is 36.8 Å². The Bertz CT molecular complexity index is 1450. The second-order valence-electron chi connectivity index (χ2n) is 7.69. The normalized spacial score (nSPS) is 14.8. The number of hydrogen-bond donors (Lipinski definition) is 0. The molecule has 0 spiro atoms. The van der Waals surface area contributed by atoms with Gasteiger partial charge in [0.15, 0.2) is 5.78 Å². The van der Waals surface area contributed by atoms with Gasteiger partial charge in [0.2, 0.25) is 0 Å². The smallest absolute Gasteiger partial charge is 0.193 e. The average Bonchev–Trinajstić information content (AvgIpc) is 3.56. The summed E-state index contributed by atoms with van der Waals surface area (Å²) in [5.41, 5.74) is 3.35. The van der Waals surface area contributed by atoms with Gasteiger partial charge < -0.3 is 0 Å². The van der Waals surface area contributed by atoms with Crippen LogP contribution in [-0.4, -0.2) is 5.78 Å². The maximum absolute atomic E-state index is 13.5. The minimum atomic E-state index is -0.478. The molecular weight excluding hydrogens is 457 g/mol. The summed E-state index contributed by atoms with van der Waals surface area (Å²) < 4.78 is 5.24. The fraction of sp³-hybridized carbons (Fsp3) is 0.0385. The minimum Gasteiger partial charge on any atom is -0.289 e. The van der Waals surface area contributed by atoms with Crippen LogP contribution in [0, 0.1) is 0 Å². The van der Waals surface area contributed by atoms with Gasteiger partial charge in [0, 0.05) is 39.7 Å². The van der Waals surface area contributed by atoms with Crippen molar-refractivity contribution in [3.8, 4) is 0 Å². The number of ketones is 1. The number of carbonyl (C=O) groups excluding carboxylic acids is 1. The molecule has 6 aromatic rings. The van der Waals surface area contributed by atoms with Crippen LogP contribution in [0.4, 0.5) is 0 Å². The van der Waals surface area contributed by atoms with E-state index in [9.17, 15) is 4.79 Å². The fourth-order valence-corrected chi connectivity index (χ4v) is 9.61. The molecule has 0 amide bonds. The number of carbonyl (C=O) groups is 1. The quantitative estimate of drug-likeness (QED) is 0.249. The Morgan fingerprint density at radius 2 is 1.06 bits per heavy atom. The summed E-state index contributed by atoms with van der Waals surface area (Å²) >= 11 is 7.28. The van der Waals surface area contributed by atoms with Gasteiger partial charge >= 0.3 is 0 Å². The SMILES string of the molecule is O=C1c2ccccc2C(c2cc3sccc3s2)(c2cc3sccc3s2)c2ccccc21. The van der Waals surface area contributed by atoms with Crippen LogP contribution >= 0.6 is 45.3 Å². The summed E-state index contributed by atoms with van der Waals surface area (Å²) in [7, 11) is 0. The zero-order valence-electron chi connectivity index (χ0n) is 16.1. The second kappa shape index (κ2) is 6.47. The number of rotatable bonds is 2. The molecule has 7 rings (SSSR count). The molecule has 4 heterocycles. The van der Waals surface area contributed by atoms with E-state index < -0.39 is 5.41 Å². The summed E-state index contributed by atoms with van der Waals surface area (Å²) in [6.45, 7) is 0. The largest absolute Gasteiger partial charge is 0.289 e. The van der Waals surface area contributed by atoms with Gasteiger partial charge in [0.05, 0.1) is 5.41 Å². The molecule has 0 N–H and O–H groups in total. The lowest BCUT2D eigenvalue weighted by molar-refractivity contribution is 0.103. The van der Waals surface area contributed by atoms with Crippen molar-refractivity contribution in [3.63, 3.8) is 0 Å². The summed E-state index contributed by atoms with van der Waals surface area (Å²) in [5.74, 6) is 0.124. The number of hydrogen-bond acceptors (Lipinski definition) is 5. The maximum atomic E-state index is 13.5. The first-order valence-corrected chi connectivity index (χ1v) is 13.3. The molecule has 0 fully saturated rings. The van der Waals surface area contributed by atoms with Crippen molar-refractivity contribution in [1.82, 2.24) is 0 Å². The first kappa shape index (κ1) is 18.0. The van der Waals surface area contributed by atoms with E-state index in [1.807, 2.05) is 46.9 Å². The van der Waals surface area contributed by atoms with Crippen LogP contribution < -0.4 is 0 Å². The van der Waals surface area contributed by atoms with Crippen molar-refractivity contribution in [3.05, 3.63) is 116 Å². The number of thiophene rings is 4. The topological polar surface area (TPSA) is 17.1 Å². The highest BCUT2D eigenvalue weighted by Gasteiger charge is 2.48. The van der Waals surface area contributed by atoms with Crippen molar-refractivity contribution >= 4 is 69.9 Å². The Balaban J connectivity index is 1.69. The average molecular weight is 471 g/mol. The van der Waals surface area contributed by atoms with Gasteiger partial charge in [-0.05, 0) is 46.2 Å². The van der Waals surface area contributed by atoms with Crippen LogP contribution in [-0.2, 0) is 5.41 Å². The third-order valence-corrected chi connectivity index (χ3v) is 10.6. The van der Waals surface area contributed by atoms with Gasteiger partial charge in [-0.2, -0.15) is 0 Å². The Hall–Kier alpha value is -2.57. The summed E-state index contributed by atoms with van der Waals surface area (Å²) in [4.78, 5) is 16.1. The Kier molecular flexibility index (Phi) is 3.76. The van der Waals surface area contributed by atoms with Crippen molar-refractivity contribution in [2.24, 2.45) is 0 Å². The third kappa shape index (κ3) is 2.32. The van der Waals surface area contributed by atoms with Crippen molar-refractivity contribution < 1.29 is 4.79 Å². The lowest BCUT2D eigenvalue weighted by Gasteiger charge is -2.39. The van der Waals surface area contributed by atoms with E-state index in [1.54, 1.807) is 22.7 Å². The van der Waals surface area contributed by atoms with E-state index in [0.717, 1.165) is 22.3 Å². The molecule has 5 heteroatoms. The van der Waals surface area contributed by atoms with E-state index in [2.05, 4.69) is 59.3 Å². The van der Waals surface area contributed by atoms with Crippen LogP contribution in [0.25, 0.3) is 18.8 Å². The molecule has 0 unspecified atom stereocenters. The molecule has 4 aromatic heterocycles. The van der Waals surface area contributed by atoms with Crippen molar-refractivity contribution in [2.75, 3.05) is 0 Å².